The lowest BCUT2D eigenvalue weighted by atomic mass is 10.0. The van der Waals surface area contributed by atoms with Gasteiger partial charge in [0, 0.05) is 19.1 Å². The number of halogens is 1. The lowest BCUT2D eigenvalue weighted by Gasteiger charge is -2.32. The topological polar surface area (TPSA) is 47.1 Å². The van der Waals surface area contributed by atoms with Crippen LogP contribution in [0.3, 0.4) is 0 Å². The number of benzene rings is 1. The van der Waals surface area contributed by atoms with E-state index in [9.17, 15) is 4.39 Å². The van der Waals surface area contributed by atoms with Gasteiger partial charge in [0.05, 0.1) is 23.3 Å². The molecular formula is C17H23FN4. The molecular weight excluding hydrogens is 279 g/mol. The molecule has 2 heterocycles. The van der Waals surface area contributed by atoms with Crippen molar-refractivity contribution in [1.29, 1.82) is 0 Å². The summed E-state index contributed by atoms with van der Waals surface area (Å²) in [7, 11) is 0. The number of nitrogens with two attached hydrogens (primary N) is 1. The summed E-state index contributed by atoms with van der Waals surface area (Å²) in [5, 5.41) is 4.55. The molecule has 5 heteroatoms. The van der Waals surface area contributed by atoms with Crippen molar-refractivity contribution in [3.05, 3.63) is 42.0 Å². The monoisotopic (exact) mass is 302 g/mol. The molecule has 1 aliphatic heterocycles. The Bertz CT molecular complexity index is 625. The van der Waals surface area contributed by atoms with E-state index >= 15 is 0 Å². The van der Waals surface area contributed by atoms with Crippen LogP contribution in [0.4, 0.5) is 10.1 Å². The van der Waals surface area contributed by atoms with Crippen molar-refractivity contribution >= 4 is 5.69 Å². The SMILES string of the molecule is CC(C)c1c(N2CCC(N)CC2)cnn1-c1ccc(F)cc1. The number of piperidine rings is 1. The summed E-state index contributed by atoms with van der Waals surface area (Å²) >= 11 is 0. The fourth-order valence-corrected chi connectivity index (χ4v) is 3.06. The number of rotatable bonds is 3. The number of anilines is 1. The largest absolute Gasteiger partial charge is 0.369 e. The molecule has 1 aromatic carbocycles. The zero-order chi connectivity index (χ0) is 15.7. The maximum atomic E-state index is 13.1. The second-order valence-corrected chi connectivity index (χ2v) is 6.28. The van der Waals surface area contributed by atoms with Crippen molar-refractivity contribution in [3.63, 3.8) is 0 Å². The van der Waals surface area contributed by atoms with Crippen LogP contribution < -0.4 is 10.6 Å². The van der Waals surface area contributed by atoms with Gasteiger partial charge in [0.15, 0.2) is 0 Å². The van der Waals surface area contributed by atoms with Crippen LogP contribution in [0.5, 0.6) is 0 Å². The lowest BCUT2D eigenvalue weighted by Crippen LogP contribution is -2.40. The van der Waals surface area contributed by atoms with E-state index in [1.807, 2.05) is 10.9 Å². The van der Waals surface area contributed by atoms with Gasteiger partial charge in [-0.3, -0.25) is 0 Å². The molecule has 1 aliphatic rings. The minimum atomic E-state index is -0.229. The third-order valence-electron chi connectivity index (χ3n) is 4.28. The molecule has 0 saturated carbocycles. The van der Waals surface area contributed by atoms with Gasteiger partial charge in [0.25, 0.3) is 0 Å². The predicted octanol–water partition coefficient (Wildman–Crippen LogP) is 3.06. The van der Waals surface area contributed by atoms with Gasteiger partial charge < -0.3 is 10.6 Å². The van der Waals surface area contributed by atoms with Crippen molar-refractivity contribution in [1.82, 2.24) is 9.78 Å². The Kier molecular flexibility index (Phi) is 4.16. The van der Waals surface area contributed by atoms with Crippen LogP contribution in [0.15, 0.2) is 30.5 Å². The van der Waals surface area contributed by atoms with Crippen LogP contribution in [-0.4, -0.2) is 28.9 Å². The van der Waals surface area contributed by atoms with Crippen molar-refractivity contribution in [2.24, 2.45) is 5.73 Å². The van der Waals surface area contributed by atoms with E-state index in [1.165, 1.54) is 23.5 Å². The average molecular weight is 302 g/mol. The first-order chi connectivity index (χ1) is 10.6. The van der Waals surface area contributed by atoms with Crippen LogP contribution in [-0.2, 0) is 0 Å². The van der Waals surface area contributed by atoms with E-state index in [0.29, 0.717) is 12.0 Å². The molecule has 2 aromatic rings. The highest BCUT2D eigenvalue weighted by atomic mass is 19.1. The molecule has 1 fully saturated rings. The minimum absolute atomic E-state index is 0.229. The van der Waals surface area contributed by atoms with Crippen molar-refractivity contribution < 1.29 is 4.39 Å². The highest BCUT2D eigenvalue weighted by Crippen LogP contribution is 2.31. The van der Waals surface area contributed by atoms with Crippen LogP contribution in [0, 0.1) is 5.82 Å². The second-order valence-electron chi connectivity index (χ2n) is 6.28. The van der Waals surface area contributed by atoms with Crippen LogP contribution in [0.25, 0.3) is 5.69 Å². The molecule has 0 amide bonds. The van der Waals surface area contributed by atoms with Gasteiger partial charge in [0.1, 0.15) is 5.82 Å². The second kappa shape index (κ2) is 6.08. The molecule has 22 heavy (non-hydrogen) atoms. The van der Waals surface area contributed by atoms with Crippen molar-refractivity contribution in [2.75, 3.05) is 18.0 Å². The highest BCUT2D eigenvalue weighted by Gasteiger charge is 2.23. The zero-order valence-electron chi connectivity index (χ0n) is 13.2. The van der Waals surface area contributed by atoms with Gasteiger partial charge >= 0.3 is 0 Å². The van der Waals surface area contributed by atoms with Gasteiger partial charge in [-0.15, -0.1) is 0 Å². The Hall–Kier alpha value is -1.88. The Labute approximate surface area is 130 Å². The fourth-order valence-electron chi connectivity index (χ4n) is 3.06. The summed E-state index contributed by atoms with van der Waals surface area (Å²) in [6.45, 7) is 6.26. The van der Waals surface area contributed by atoms with E-state index in [0.717, 1.165) is 31.6 Å². The number of nitrogens with zero attached hydrogens (tertiary/aromatic N) is 3. The number of hydrogen-bond acceptors (Lipinski definition) is 3. The molecule has 0 radical (unpaired) electrons. The Balaban J connectivity index is 1.97. The van der Waals surface area contributed by atoms with Gasteiger partial charge in [0.2, 0.25) is 0 Å². The first-order valence-corrected chi connectivity index (χ1v) is 7.90. The molecule has 0 bridgehead atoms. The first-order valence-electron chi connectivity index (χ1n) is 7.90. The quantitative estimate of drug-likeness (QED) is 0.948. The van der Waals surface area contributed by atoms with E-state index < -0.39 is 0 Å². The molecule has 0 aliphatic carbocycles. The van der Waals surface area contributed by atoms with Crippen molar-refractivity contribution in [3.8, 4) is 5.69 Å². The number of aromatic nitrogens is 2. The summed E-state index contributed by atoms with van der Waals surface area (Å²) in [5.74, 6) is 0.102. The molecule has 1 saturated heterocycles. The summed E-state index contributed by atoms with van der Waals surface area (Å²) in [5.41, 5.74) is 9.23. The Morgan fingerprint density at radius 3 is 2.41 bits per heavy atom. The number of hydrogen-bond donors (Lipinski definition) is 1. The minimum Gasteiger partial charge on any atom is -0.369 e. The van der Waals surface area contributed by atoms with Crippen LogP contribution in [0.2, 0.25) is 0 Å². The summed E-state index contributed by atoms with van der Waals surface area (Å²) in [6.07, 6.45) is 3.95. The summed E-state index contributed by atoms with van der Waals surface area (Å²) < 4.78 is 15.1. The molecule has 4 nitrogen and oxygen atoms in total. The Morgan fingerprint density at radius 1 is 1.18 bits per heavy atom. The smallest absolute Gasteiger partial charge is 0.123 e. The third kappa shape index (κ3) is 2.86. The molecule has 0 unspecified atom stereocenters. The van der Waals surface area contributed by atoms with E-state index in [1.54, 1.807) is 12.1 Å². The van der Waals surface area contributed by atoms with E-state index in [4.69, 9.17) is 5.73 Å². The molecule has 118 valence electrons. The highest BCUT2D eigenvalue weighted by molar-refractivity contribution is 5.54. The van der Waals surface area contributed by atoms with Crippen LogP contribution >= 0.6 is 0 Å². The maximum absolute atomic E-state index is 13.1. The molecule has 1 aromatic heterocycles. The summed E-state index contributed by atoms with van der Waals surface area (Å²) in [6, 6.07) is 6.79. The normalized spacial score (nSPS) is 16.5. The zero-order valence-corrected chi connectivity index (χ0v) is 13.2. The van der Waals surface area contributed by atoms with Crippen molar-refractivity contribution in [2.45, 2.75) is 38.6 Å². The maximum Gasteiger partial charge on any atom is 0.123 e. The van der Waals surface area contributed by atoms with Gasteiger partial charge in [-0.05, 0) is 43.0 Å². The van der Waals surface area contributed by atoms with Gasteiger partial charge in [-0.2, -0.15) is 5.10 Å². The van der Waals surface area contributed by atoms with E-state index in [-0.39, 0.29) is 5.82 Å². The predicted molar refractivity (Wildman–Crippen MR) is 87.0 cm³/mol. The molecule has 0 atom stereocenters. The first kappa shape index (κ1) is 15.0. The molecule has 0 spiro atoms. The van der Waals surface area contributed by atoms with E-state index in [2.05, 4.69) is 23.8 Å². The molecule has 3 rings (SSSR count). The van der Waals surface area contributed by atoms with Gasteiger partial charge in [-0.25, -0.2) is 9.07 Å². The average Bonchev–Trinajstić information content (AvgIpc) is 2.94. The van der Waals surface area contributed by atoms with Gasteiger partial charge in [-0.1, -0.05) is 13.8 Å². The molecule has 2 N–H and O–H groups in total. The van der Waals surface area contributed by atoms with Crippen LogP contribution in [0.1, 0.15) is 38.3 Å². The fraction of sp³-hybridized carbons (Fsp3) is 0.471. The Morgan fingerprint density at radius 2 is 1.82 bits per heavy atom. The third-order valence-corrected chi connectivity index (χ3v) is 4.28. The lowest BCUT2D eigenvalue weighted by molar-refractivity contribution is 0.499. The standard InChI is InChI=1S/C17H23FN4/c1-12(2)17-16(21-9-7-14(19)8-10-21)11-20-22(17)15-5-3-13(18)4-6-15/h3-6,11-12,14H,7-10,19H2,1-2H3. The summed E-state index contributed by atoms with van der Waals surface area (Å²) in [4.78, 5) is 2.37.